The van der Waals surface area contributed by atoms with Crippen LogP contribution in [0.15, 0.2) is 29.5 Å². The van der Waals surface area contributed by atoms with Crippen LogP contribution in [-0.4, -0.2) is 78.4 Å². The Kier molecular flexibility index (Phi) is 9.58. The minimum Gasteiger partial charge on any atom is -0.379 e. The van der Waals surface area contributed by atoms with Crippen LogP contribution < -0.4 is 10.6 Å². The van der Waals surface area contributed by atoms with Crippen molar-refractivity contribution in [2.24, 2.45) is 4.99 Å². The fourth-order valence-electron chi connectivity index (χ4n) is 3.50. The van der Waals surface area contributed by atoms with Crippen LogP contribution in [0.3, 0.4) is 0 Å². The van der Waals surface area contributed by atoms with Gasteiger partial charge < -0.3 is 19.9 Å². The van der Waals surface area contributed by atoms with Gasteiger partial charge in [-0.1, -0.05) is 0 Å². The van der Waals surface area contributed by atoms with Crippen LogP contribution in [0, 0.1) is 0 Å². The van der Waals surface area contributed by atoms with E-state index in [1.807, 2.05) is 0 Å². The number of rotatable bonds is 7. The van der Waals surface area contributed by atoms with E-state index in [0.29, 0.717) is 0 Å². The topological polar surface area (TPSA) is 53.8 Å². The van der Waals surface area contributed by atoms with Crippen molar-refractivity contribution in [2.75, 3.05) is 57.4 Å². The van der Waals surface area contributed by atoms with Gasteiger partial charge in [0.05, 0.1) is 25.3 Å². The van der Waals surface area contributed by atoms with Crippen LogP contribution in [-0.2, 0) is 11.3 Å². The lowest BCUT2D eigenvalue weighted by Crippen LogP contribution is -2.56. The summed E-state index contributed by atoms with van der Waals surface area (Å²) in [6.45, 7) is 9.46. The zero-order valence-corrected chi connectivity index (χ0v) is 18.8. The number of guanidine groups is 1. The number of nitrogens with one attached hydrogen (secondary N) is 2. The third-order valence-electron chi connectivity index (χ3n) is 4.97. The molecule has 1 atom stereocenters. The molecule has 148 valence electrons. The maximum absolute atomic E-state index is 5.55. The van der Waals surface area contributed by atoms with E-state index in [-0.39, 0.29) is 29.5 Å². The minimum atomic E-state index is 0. The molecule has 6 nitrogen and oxygen atoms in total. The molecule has 1 aromatic heterocycles. The van der Waals surface area contributed by atoms with Gasteiger partial charge in [0.15, 0.2) is 5.96 Å². The minimum absolute atomic E-state index is 0. The standard InChI is InChI=1S/C18H31N5OS.HI/c1-2-19-17(20-6-9-22-7-3-4-8-22)21-15-18(5-14-25-16-18)23-10-12-24-13-11-23;/h3-4,7-8H,2,5-6,9-16H2,1H3,(H2,19,20,21);1H. The molecule has 0 amide bonds. The lowest BCUT2D eigenvalue weighted by molar-refractivity contribution is -0.0104. The Morgan fingerprint density at radius 2 is 2.00 bits per heavy atom. The highest BCUT2D eigenvalue weighted by Crippen LogP contribution is 2.34. The number of aliphatic imine (C=N–C) groups is 1. The van der Waals surface area contributed by atoms with Crippen molar-refractivity contribution in [1.29, 1.82) is 0 Å². The van der Waals surface area contributed by atoms with Crippen molar-refractivity contribution in [2.45, 2.75) is 25.4 Å². The zero-order chi connectivity index (χ0) is 17.4. The van der Waals surface area contributed by atoms with Crippen LogP contribution >= 0.6 is 35.7 Å². The Balaban J connectivity index is 0.00000243. The number of hydrogen-bond acceptors (Lipinski definition) is 4. The van der Waals surface area contributed by atoms with E-state index >= 15 is 0 Å². The SMILES string of the molecule is CCNC(=NCC1(N2CCOCC2)CCSC1)NCCn1cccc1.I. The van der Waals surface area contributed by atoms with Gasteiger partial charge in [-0.3, -0.25) is 9.89 Å². The average Bonchev–Trinajstić information content (AvgIpc) is 3.33. The molecule has 1 unspecified atom stereocenters. The summed E-state index contributed by atoms with van der Waals surface area (Å²) >= 11 is 2.06. The molecule has 3 rings (SSSR count). The molecule has 2 saturated heterocycles. The fraction of sp³-hybridized carbons (Fsp3) is 0.722. The molecule has 0 spiro atoms. The van der Waals surface area contributed by atoms with E-state index in [2.05, 4.69) is 63.3 Å². The Morgan fingerprint density at radius 3 is 2.65 bits per heavy atom. The highest BCUT2D eigenvalue weighted by atomic mass is 127. The molecule has 2 aliphatic heterocycles. The molecule has 0 bridgehead atoms. The smallest absolute Gasteiger partial charge is 0.191 e. The molecule has 8 heteroatoms. The van der Waals surface area contributed by atoms with Gasteiger partial charge in [0.1, 0.15) is 0 Å². The molecule has 26 heavy (non-hydrogen) atoms. The number of ether oxygens (including phenoxy) is 1. The largest absolute Gasteiger partial charge is 0.379 e. The lowest BCUT2D eigenvalue weighted by atomic mass is 9.96. The lowest BCUT2D eigenvalue weighted by Gasteiger charge is -2.42. The third kappa shape index (κ3) is 6.03. The second-order valence-electron chi connectivity index (χ2n) is 6.67. The molecule has 3 heterocycles. The fourth-order valence-corrected chi connectivity index (χ4v) is 4.97. The number of hydrogen-bond donors (Lipinski definition) is 2. The van der Waals surface area contributed by atoms with E-state index in [0.717, 1.165) is 58.4 Å². The van der Waals surface area contributed by atoms with Crippen LogP contribution in [0.5, 0.6) is 0 Å². The van der Waals surface area contributed by atoms with Gasteiger partial charge in [0, 0.05) is 50.9 Å². The van der Waals surface area contributed by atoms with Gasteiger partial charge in [0.25, 0.3) is 0 Å². The number of nitrogens with zero attached hydrogens (tertiary/aromatic N) is 3. The third-order valence-corrected chi connectivity index (χ3v) is 6.20. The van der Waals surface area contributed by atoms with E-state index in [1.54, 1.807) is 0 Å². The van der Waals surface area contributed by atoms with Crippen LogP contribution in [0.2, 0.25) is 0 Å². The predicted octanol–water partition coefficient (Wildman–Crippen LogP) is 1.87. The molecular formula is C18H32IN5OS. The van der Waals surface area contributed by atoms with E-state index < -0.39 is 0 Å². The zero-order valence-electron chi connectivity index (χ0n) is 15.7. The van der Waals surface area contributed by atoms with Crippen LogP contribution in [0.1, 0.15) is 13.3 Å². The van der Waals surface area contributed by atoms with E-state index in [9.17, 15) is 0 Å². The first kappa shape index (κ1) is 21.8. The molecule has 1 aromatic rings. The van der Waals surface area contributed by atoms with Gasteiger partial charge in [0.2, 0.25) is 0 Å². The maximum atomic E-state index is 5.55. The number of halogens is 1. The Bertz CT molecular complexity index is 528. The van der Waals surface area contributed by atoms with Gasteiger partial charge in [-0.2, -0.15) is 11.8 Å². The molecule has 0 aliphatic carbocycles. The number of aromatic nitrogens is 1. The first-order valence-electron chi connectivity index (χ1n) is 9.36. The molecule has 0 radical (unpaired) electrons. The summed E-state index contributed by atoms with van der Waals surface area (Å²) in [5.41, 5.74) is 0.206. The summed E-state index contributed by atoms with van der Waals surface area (Å²) in [6.07, 6.45) is 5.41. The molecule has 2 fully saturated rings. The summed E-state index contributed by atoms with van der Waals surface area (Å²) < 4.78 is 7.73. The maximum Gasteiger partial charge on any atom is 0.191 e. The Labute approximate surface area is 178 Å². The molecule has 0 saturated carbocycles. The van der Waals surface area contributed by atoms with E-state index in [1.165, 1.54) is 17.9 Å². The monoisotopic (exact) mass is 493 g/mol. The van der Waals surface area contributed by atoms with Crippen molar-refractivity contribution in [1.82, 2.24) is 20.1 Å². The Hall–Kier alpha value is -0.450. The molecular weight excluding hydrogens is 461 g/mol. The van der Waals surface area contributed by atoms with Crippen LogP contribution in [0.25, 0.3) is 0 Å². The summed E-state index contributed by atoms with van der Waals surface area (Å²) in [4.78, 5) is 7.57. The van der Waals surface area contributed by atoms with Gasteiger partial charge in [-0.05, 0) is 31.2 Å². The first-order chi connectivity index (χ1) is 12.3. The number of thioether (sulfide) groups is 1. The second kappa shape index (κ2) is 11.4. The normalized spacial score (nSPS) is 24.3. The summed E-state index contributed by atoms with van der Waals surface area (Å²) in [6, 6.07) is 4.12. The summed E-state index contributed by atoms with van der Waals surface area (Å²) in [7, 11) is 0. The molecule has 2 aliphatic rings. The highest BCUT2D eigenvalue weighted by Gasteiger charge is 2.40. The summed E-state index contributed by atoms with van der Waals surface area (Å²) in [5, 5.41) is 6.86. The van der Waals surface area contributed by atoms with Crippen molar-refractivity contribution in [3.05, 3.63) is 24.5 Å². The number of morpholine rings is 1. The van der Waals surface area contributed by atoms with Crippen molar-refractivity contribution in [3.8, 4) is 0 Å². The van der Waals surface area contributed by atoms with Crippen molar-refractivity contribution >= 4 is 41.7 Å². The van der Waals surface area contributed by atoms with E-state index in [4.69, 9.17) is 9.73 Å². The average molecular weight is 493 g/mol. The highest BCUT2D eigenvalue weighted by molar-refractivity contribution is 14.0. The quantitative estimate of drug-likeness (QED) is 0.345. The van der Waals surface area contributed by atoms with Gasteiger partial charge >= 0.3 is 0 Å². The van der Waals surface area contributed by atoms with Gasteiger partial charge in [-0.15, -0.1) is 24.0 Å². The van der Waals surface area contributed by atoms with Gasteiger partial charge in [-0.25, -0.2) is 0 Å². The van der Waals surface area contributed by atoms with Crippen molar-refractivity contribution < 1.29 is 4.74 Å². The first-order valence-corrected chi connectivity index (χ1v) is 10.5. The van der Waals surface area contributed by atoms with Crippen molar-refractivity contribution in [3.63, 3.8) is 0 Å². The van der Waals surface area contributed by atoms with Crippen LogP contribution in [0.4, 0.5) is 0 Å². The predicted molar refractivity (Wildman–Crippen MR) is 121 cm³/mol. The Morgan fingerprint density at radius 1 is 1.23 bits per heavy atom. The molecule has 0 aromatic carbocycles. The second-order valence-corrected chi connectivity index (χ2v) is 7.77. The summed E-state index contributed by atoms with van der Waals surface area (Å²) in [5.74, 6) is 3.35. The molecule has 2 N–H and O–H groups in total.